The highest BCUT2D eigenvalue weighted by Gasteiger charge is 2.03. The second-order valence-electron chi connectivity index (χ2n) is 2.94. The van der Waals surface area contributed by atoms with Gasteiger partial charge in [-0.2, -0.15) is 5.10 Å². The maximum absolute atomic E-state index is 5.15. The van der Waals surface area contributed by atoms with E-state index in [1.165, 1.54) is 0 Å². The second-order valence-corrected chi connectivity index (χ2v) is 2.94. The number of fused-ring (bicyclic) bond motifs is 1. The van der Waals surface area contributed by atoms with Crippen molar-refractivity contribution in [2.75, 3.05) is 7.11 Å². The Hall–Kier alpha value is -1.51. The zero-order valence-corrected chi connectivity index (χ0v) is 7.79. The molecule has 1 heterocycles. The average Bonchev–Trinajstić information content (AvgIpc) is 2.59. The number of nitrogens with one attached hydrogen (secondary N) is 1. The first kappa shape index (κ1) is 8.10. The number of rotatable bonds is 2. The molecule has 0 fully saturated rings. The van der Waals surface area contributed by atoms with Crippen molar-refractivity contribution in [2.24, 2.45) is 0 Å². The van der Waals surface area contributed by atoms with Crippen LogP contribution in [-0.4, -0.2) is 17.3 Å². The van der Waals surface area contributed by atoms with E-state index < -0.39 is 0 Å². The van der Waals surface area contributed by atoms with Gasteiger partial charge in [0.1, 0.15) is 5.75 Å². The monoisotopic (exact) mass is 176 g/mol. The first-order chi connectivity index (χ1) is 6.35. The summed E-state index contributed by atoms with van der Waals surface area (Å²) >= 11 is 0. The van der Waals surface area contributed by atoms with Crippen LogP contribution in [0.4, 0.5) is 0 Å². The van der Waals surface area contributed by atoms with E-state index in [0.29, 0.717) is 0 Å². The molecule has 0 spiro atoms. The van der Waals surface area contributed by atoms with E-state index in [2.05, 4.69) is 17.1 Å². The summed E-state index contributed by atoms with van der Waals surface area (Å²) in [5.41, 5.74) is 2.16. The Morgan fingerprint density at radius 1 is 1.46 bits per heavy atom. The highest BCUT2D eigenvalue weighted by Crippen LogP contribution is 2.21. The van der Waals surface area contributed by atoms with Gasteiger partial charge in [0.2, 0.25) is 0 Å². The number of aryl methyl sites for hydroxylation is 1. The predicted octanol–water partition coefficient (Wildman–Crippen LogP) is 2.13. The largest absolute Gasteiger partial charge is 0.497 e. The molecule has 0 bridgehead atoms. The SMILES string of the molecule is CCc1n[nH]c2ccc(OC)cc12. The van der Waals surface area contributed by atoms with Gasteiger partial charge in [-0.05, 0) is 24.6 Å². The number of methoxy groups -OCH3 is 1. The summed E-state index contributed by atoms with van der Waals surface area (Å²) in [6.45, 7) is 2.09. The van der Waals surface area contributed by atoms with Crippen LogP contribution in [0.3, 0.4) is 0 Å². The quantitative estimate of drug-likeness (QED) is 0.761. The number of aromatic nitrogens is 2. The van der Waals surface area contributed by atoms with Crippen LogP contribution in [0.2, 0.25) is 0 Å². The van der Waals surface area contributed by atoms with Crippen LogP contribution in [0.1, 0.15) is 12.6 Å². The molecule has 0 amide bonds. The molecule has 2 rings (SSSR count). The van der Waals surface area contributed by atoms with Crippen LogP contribution in [0, 0.1) is 0 Å². The van der Waals surface area contributed by atoms with Crippen LogP contribution >= 0.6 is 0 Å². The van der Waals surface area contributed by atoms with Crippen molar-refractivity contribution >= 4 is 10.9 Å². The Kier molecular flexibility index (Phi) is 1.93. The van der Waals surface area contributed by atoms with Crippen molar-refractivity contribution in [1.29, 1.82) is 0 Å². The smallest absolute Gasteiger partial charge is 0.119 e. The van der Waals surface area contributed by atoms with Crippen molar-refractivity contribution in [1.82, 2.24) is 10.2 Å². The van der Waals surface area contributed by atoms with Gasteiger partial charge in [0.15, 0.2) is 0 Å². The molecule has 0 radical (unpaired) electrons. The van der Waals surface area contributed by atoms with Crippen LogP contribution in [-0.2, 0) is 6.42 Å². The zero-order chi connectivity index (χ0) is 9.26. The molecule has 3 nitrogen and oxygen atoms in total. The topological polar surface area (TPSA) is 37.9 Å². The summed E-state index contributed by atoms with van der Waals surface area (Å²) < 4.78 is 5.15. The third-order valence-electron chi connectivity index (χ3n) is 2.18. The molecule has 0 atom stereocenters. The molecule has 0 unspecified atom stereocenters. The number of aromatic amines is 1. The molecule has 2 aromatic rings. The van der Waals surface area contributed by atoms with E-state index >= 15 is 0 Å². The lowest BCUT2D eigenvalue weighted by atomic mass is 10.2. The predicted molar refractivity (Wildman–Crippen MR) is 52.0 cm³/mol. The number of H-pyrrole nitrogens is 1. The van der Waals surface area contributed by atoms with Crippen molar-refractivity contribution in [3.05, 3.63) is 23.9 Å². The first-order valence-electron chi connectivity index (χ1n) is 4.36. The molecular formula is C10H12N2O. The standard InChI is InChI=1S/C10H12N2O/c1-3-9-8-6-7(13-2)4-5-10(8)12-11-9/h4-6H,3H2,1-2H3,(H,11,12). The zero-order valence-electron chi connectivity index (χ0n) is 7.79. The Labute approximate surface area is 76.7 Å². The second kappa shape index (κ2) is 3.09. The fourth-order valence-corrected chi connectivity index (χ4v) is 1.44. The van der Waals surface area contributed by atoms with Gasteiger partial charge < -0.3 is 4.74 Å². The fourth-order valence-electron chi connectivity index (χ4n) is 1.44. The normalized spacial score (nSPS) is 10.6. The lowest BCUT2D eigenvalue weighted by Gasteiger charge is -1.98. The number of ether oxygens (including phenoxy) is 1. The molecule has 1 N–H and O–H groups in total. The molecule has 13 heavy (non-hydrogen) atoms. The number of hydrogen-bond donors (Lipinski definition) is 1. The van der Waals surface area contributed by atoms with Gasteiger partial charge in [-0.15, -0.1) is 0 Å². The third-order valence-corrected chi connectivity index (χ3v) is 2.18. The molecule has 0 aliphatic heterocycles. The molecule has 0 saturated heterocycles. The van der Waals surface area contributed by atoms with Gasteiger partial charge in [0, 0.05) is 5.39 Å². The lowest BCUT2D eigenvalue weighted by Crippen LogP contribution is -1.83. The number of benzene rings is 1. The Morgan fingerprint density at radius 2 is 2.31 bits per heavy atom. The molecule has 1 aromatic heterocycles. The van der Waals surface area contributed by atoms with E-state index in [9.17, 15) is 0 Å². The van der Waals surface area contributed by atoms with Gasteiger partial charge in [0.25, 0.3) is 0 Å². The van der Waals surface area contributed by atoms with Gasteiger partial charge in [-0.25, -0.2) is 0 Å². The summed E-state index contributed by atoms with van der Waals surface area (Å²) in [7, 11) is 1.67. The summed E-state index contributed by atoms with van der Waals surface area (Å²) in [5.74, 6) is 0.878. The third kappa shape index (κ3) is 1.26. The minimum atomic E-state index is 0.878. The molecule has 0 aliphatic carbocycles. The average molecular weight is 176 g/mol. The highest BCUT2D eigenvalue weighted by atomic mass is 16.5. The van der Waals surface area contributed by atoms with E-state index in [1.807, 2.05) is 18.2 Å². The van der Waals surface area contributed by atoms with E-state index in [0.717, 1.165) is 28.8 Å². The molecule has 0 saturated carbocycles. The molecular weight excluding hydrogens is 164 g/mol. The van der Waals surface area contributed by atoms with Crippen molar-refractivity contribution in [3.8, 4) is 5.75 Å². The van der Waals surface area contributed by atoms with Crippen LogP contribution in [0.5, 0.6) is 5.75 Å². The van der Waals surface area contributed by atoms with E-state index in [4.69, 9.17) is 4.74 Å². The maximum atomic E-state index is 5.15. The minimum Gasteiger partial charge on any atom is -0.497 e. The van der Waals surface area contributed by atoms with Gasteiger partial charge in [0.05, 0.1) is 18.3 Å². The van der Waals surface area contributed by atoms with Gasteiger partial charge >= 0.3 is 0 Å². The number of hydrogen-bond acceptors (Lipinski definition) is 2. The van der Waals surface area contributed by atoms with E-state index in [-0.39, 0.29) is 0 Å². The first-order valence-corrected chi connectivity index (χ1v) is 4.36. The summed E-state index contributed by atoms with van der Waals surface area (Å²) in [4.78, 5) is 0. The van der Waals surface area contributed by atoms with Gasteiger partial charge in [-0.1, -0.05) is 6.92 Å². The number of nitrogens with zero attached hydrogens (tertiary/aromatic N) is 1. The van der Waals surface area contributed by atoms with Crippen LogP contribution in [0.15, 0.2) is 18.2 Å². The van der Waals surface area contributed by atoms with Crippen molar-refractivity contribution in [2.45, 2.75) is 13.3 Å². The molecule has 0 aliphatic rings. The molecule has 1 aromatic carbocycles. The van der Waals surface area contributed by atoms with Crippen molar-refractivity contribution < 1.29 is 4.74 Å². The molecule has 3 heteroatoms. The van der Waals surface area contributed by atoms with Crippen molar-refractivity contribution in [3.63, 3.8) is 0 Å². The Balaban J connectivity index is 2.64. The van der Waals surface area contributed by atoms with Crippen LogP contribution < -0.4 is 4.74 Å². The summed E-state index contributed by atoms with van der Waals surface area (Å²) in [6.07, 6.45) is 0.938. The maximum Gasteiger partial charge on any atom is 0.119 e. The highest BCUT2D eigenvalue weighted by molar-refractivity contribution is 5.82. The summed E-state index contributed by atoms with van der Waals surface area (Å²) in [6, 6.07) is 5.93. The summed E-state index contributed by atoms with van der Waals surface area (Å²) in [5, 5.41) is 8.35. The fraction of sp³-hybridized carbons (Fsp3) is 0.300. The van der Waals surface area contributed by atoms with Gasteiger partial charge in [-0.3, -0.25) is 5.10 Å². The molecule has 68 valence electrons. The lowest BCUT2D eigenvalue weighted by molar-refractivity contribution is 0.415. The van der Waals surface area contributed by atoms with Crippen LogP contribution in [0.25, 0.3) is 10.9 Å². The Bertz CT molecular complexity index is 420. The van der Waals surface area contributed by atoms with E-state index in [1.54, 1.807) is 7.11 Å². The Morgan fingerprint density at radius 3 is 3.00 bits per heavy atom. The minimum absolute atomic E-state index is 0.878.